The van der Waals surface area contributed by atoms with Gasteiger partial charge in [-0.05, 0) is 23.1 Å². The Morgan fingerprint density at radius 2 is 1.80 bits per heavy atom. The van der Waals surface area contributed by atoms with Crippen LogP contribution in [-0.2, 0) is 22.6 Å². The van der Waals surface area contributed by atoms with Crippen molar-refractivity contribution in [3.8, 4) is 0 Å². The van der Waals surface area contributed by atoms with E-state index < -0.39 is 18.1 Å². The van der Waals surface area contributed by atoms with Crippen molar-refractivity contribution in [3.05, 3.63) is 71.9 Å². The summed E-state index contributed by atoms with van der Waals surface area (Å²) in [6, 6.07) is 17.7. The lowest BCUT2D eigenvalue weighted by Gasteiger charge is -2.14. The monoisotopic (exact) mass is 338 g/mol. The number of carboxylic acid groups (broad SMARTS) is 1. The first kappa shape index (κ1) is 16.6. The number of benzene rings is 2. The number of amides is 1. The number of alkyl carbamates (subject to hydrolysis) is 1. The second kappa shape index (κ2) is 7.53. The summed E-state index contributed by atoms with van der Waals surface area (Å²) in [5.41, 5.74) is 2.49. The highest BCUT2D eigenvalue weighted by Gasteiger charge is 2.22. The Labute approximate surface area is 144 Å². The van der Waals surface area contributed by atoms with Gasteiger partial charge in [0.25, 0.3) is 0 Å². The maximum Gasteiger partial charge on any atom is 0.408 e. The molecule has 0 aliphatic rings. The van der Waals surface area contributed by atoms with E-state index in [0.29, 0.717) is 0 Å². The van der Waals surface area contributed by atoms with Crippen molar-refractivity contribution in [1.29, 1.82) is 0 Å². The van der Waals surface area contributed by atoms with Gasteiger partial charge in [0.1, 0.15) is 12.6 Å². The third-order valence-corrected chi connectivity index (χ3v) is 3.81. The van der Waals surface area contributed by atoms with Crippen LogP contribution in [0, 0.1) is 0 Å². The molecule has 0 spiro atoms. The van der Waals surface area contributed by atoms with Crippen molar-refractivity contribution in [2.45, 2.75) is 19.1 Å². The van der Waals surface area contributed by atoms with E-state index in [4.69, 9.17) is 4.74 Å². The number of para-hydroxylation sites is 1. The Morgan fingerprint density at radius 1 is 1.08 bits per heavy atom. The van der Waals surface area contributed by atoms with Gasteiger partial charge in [0, 0.05) is 17.6 Å². The summed E-state index contributed by atoms with van der Waals surface area (Å²) in [6.45, 7) is 0.0887. The molecule has 1 amide bonds. The molecule has 1 aromatic heterocycles. The van der Waals surface area contributed by atoms with E-state index in [1.165, 1.54) is 0 Å². The number of hydrogen-bond acceptors (Lipinski definition) is 3. The van der Waals surface area contributed by atoms with Gasteiger partial charge in [0.2, 0.25) is 0 Å². The summed E-state index contributed by atoms with van der Waals surface area (Å²) in [7, 11) is 0. The quantitative estimate of drug-likeness (QED) is 0.644. The van der Waals surface area contributed by atoms with E-state index in [-0.39, 0.29) is 13.0 Å². The molecule has 25 heavy (non-hydrogen) atoms. The fraction of sp³-hybridized carbons (Fsp3) is 0.158. The molecule has 0 fully saturated rings. The van der Waals surface area contributed by atoms with Crippen LogP contribution in [0.15, 0.2) is 60.7 Å². The summed E-state index contributed by atoms with van der Waals surface area (Å²) in [4.78, 5) is 26.5. The van der Waals surface area contributed by atoms with Crippen LogP contribution in [-0.4, -0.2) is 28.2 Å². The average Bonchev–Trinajstić information content (AvgIpc) is 3.02. The summed E-state index contributed by atoms with van der Waals surface area (Å²) in [5.74, 6) is -1.12. The molecule has 6 heteroatoms. The fourth-order valence-electron chi connectivity index (χ4n) is 2.57. The van der Waals surface area contributed by atoms with E-state index in [1.54, 1.807) is 0 Å². The van der Waals surface area contributed by atoms with E-state index in [1.807, 2.05) is 60.7 Å². The minimum absolute atomic E-state index is 0.0887. The van der Waals surface area contributed by atoms with Crippen molar-refractivity contribution < 1.29 is 19.4 Å². The number of nitrogens with one attached hydrogen (secondary N) is 2. The van der Waals surface area contributed by atoms with Gasteiger partial charge >= 0.3 is 12.1 Å². The normalized spacial score (nSPS) is 11.8. The Balaban J connectivity index is 1.60. The number of rotatable bonds is 6. The van der Waals surface area contributed by atoms with Crippen LogP contribution in [0.4, 0.5) is 4.79 Å². The predicted octanol–water partition coefficient (Wildman–Crippen LogP) is 3.09. The first-order valence-corrected chi connectivity index (χ1v) is 7.88. The van der Waals surface area contributed by atoms with Crippen LogP contribution < -0.4 is 5.32 Å². The molecular weight excluding hydrogens is 320 g/mol. The highest BCUT2D eigenvalue weighted by molar-refractivity contribution is 5.82. The van der Waals surface area contributed by atoms with Crippen LogP contribution in [0.1, 0.15) is 11.3 Å². The largest absolute Gasteiger partial charge is 0.480 e. The number of carbonyl (C=O) groups is 2. The van der Waals surface area contributed by atoms with Crippen molar-refractivity contribution in [3.63, 3.8) is 0 Å². The van der Waals surface area contributed by atoms with Crippen LogP contribution >= 0.6 is 0 Å². The molecule has 2 aromatic carbocycles. The molecule has 3 aromatic rings. The van der Waals surface area contributed by atoms with Crippen LogP contribution in [0.2, 0.25) is 0 Å². The van der Waals surface area contributed by atoms with Gasteiger partial charge in [0.05, 0.1) is 0 Å². The Morgan fingerprint density at radius 3 is 2.52 bits per heavy atom. The van der Waals surface area contributed by atoms with Gasteiger partial charge in [0.15, 0.2) is 0 Å². The number of carboxylic acids is 1. The van der Waals surface area contributed by atoms with Crippen molar-refractivity contribution in [2.24, 2.45) is 0 Å². The average molecular weight is 338 g/mol. The lowest BCUT2D eigenvalue weighted by molar-refractivity contribution is -0.139. The molecule has 0 saturated carbocycles. The third kappa shape index (κ3) is 4.38. The molecule has 1 atom stereocenters. The van der Waals surface area contributed by atoms with Gasteiger partial charge in [-0.3, -0.25) is 0 Å². The first-order chi connectivity index (χ1) is 12.1. The molecule has 3 rings (SSSR count). The van der Waals surface area contributed by atoms with Gasteiger partial charge < -0.3 is 20.1 Å². The summed E-state index contributed by atoms with van der Waals surface area (Å²) in [5, 5.41) is 12.8. The number of H-pyrrole nitrogens is 1. The lowest BCUT2D eigenvalue weighted by Crippen LogP contribution is -2.42. The Hall–Kier alpha value is -3.28. The summed E-state index contributed by atoms with van der Waals surface area (Å²) in [6.07, 6.45) is -0.614. The molecule has 0 radical (unpaired) electrons. The van der Waals surface area contributed by atoms with E-state index >= 15 is 0 Å². The summed E-state index contributed by atoms with van der Waals surface area (Å²) < 4.78 is 5.08. The first-order valence-electron chi connectivity index (χ1n) is 7.88. The van der Waals surface area contributed by atoms with E-state index in [0.717, 1.165) is 22.2 Å². The molecule has 0 aliphatic heterocycles. The van der Waals surface area contributed by atoms with E-state index in [9.17, 15) is 14.7 Å². The minimum Gasteiger partial charge on any atom is -0.480 e. The van der Waals surface area contributed by atoms with Gasteiger partial charge in [-0.25, -0.2) is 9.59 Å². The Kier molecular flexibility index (Phi) is 4.99. The molecule has 6 nitrogen and oxygen atoms in total. The van der Waals surface area contributed by atoms with Gasteiger partial charge in [-0.2, -0.15) is 0 Å². The van der Waals surface area contributed by atoms with Crippen molar-refractivity contribution >= 4 is 23.0 Å². The molecule has 0 bridgehead atoms. The van der Waals surface area contributed by atoms with Crippen LogP contribution in [0.3, 0.4) is 0 Å². The number of fused-ring (bicyclic) bond motifs is 1. The number of aliphatic carboxylic acids is 1. The molecule has 128 valence electrons. The van der Waals surface area contributed by atoms with Crippen LogP contribution in [0.25, 0.3) is 10.9 Å². The molecule has 1 unspecified atom stereocenters. The van der Waals surface area contributed by atoms with Crippen molar-refractivity contribution in [2.75, 3.05) is 0 Å². The second-order valence-electron chi connectivity index (χ2n) is 5.68. The standard InChI is InChI=1S/C19H18N2O4/c22-18(23)17(11-15-10-14-8-4-5-9-16(14)20-15)21-19(24)25-12-13-6-2-1-3-7-13/h1-10,17,20H,11-12H2,(H,21,24)(H,22,23). The van der Waals surface area contributed by atoms with Crippen LogP contribution in [0.5, 0.6) is 0 Å². The van der Waals surface area contributed by atoms with Gasteiger partial charge in [-0.1, -0.05) is 48.5 Å². The smallest absolute Gasteiger partial charge is 0.408 e. The number of aromatic amines is 1. The second-order valence-corrected chi connectivity index (χ2v) is 5.68. The maximum absolute atomic E-state index is 11.9. The fourth-order valence-corrected chi connectivity index (χ4v) is 2.57. The Bertz CT molecular complexity index is 840. The van der Waals surface area contributed by atoms with Gasteiger partial charge in [-0.15, -0.1) is 0 Å². The molecule has 0 saturated heterocycles. The molecule has 0 aliphatic carbocycles. The third-order valence-electron chi connectivity index (χ3n) is 3.81. The zero-order valence-corrected chi connectivity index (χ0v) is 13.4. The number of aromatic nitrogens is 1. The number of carbonyl (C=O) groups excluding carboxylic acids is 1. The maximum atomic E-state index is 11.9. The number of hydrogen-bond donors (Lipinski definition) is 3. The zero-order chi connectivity index (χ0) is 17.6. The minimum atomic E-state index is -1.12. The summed E-state index contributed by atoms with van der Waals surface area (Å²) >= 11 is 0. The lowest BCUT2D eigenvalue weighted by atomic mass is 10.1. The molecule has 3 N–H and O–H groups in total. The predicted molar refractivity (Wildman–Crippen MR) is 93.2 cm³/mol. The topological polar surface area (TPSA) is 91.4 Å². The SMILES string of the molecule is O=C(NC(Cc1cc2ccccc2[nH]1)C(=O)O)OCc1ccccc1. The van der Waals surface area contributed by atoms with E-state index in [2.05, 4.69) is 10.3 Å². The van der Waals surface area contributed by atoms with Crippen molar-refractivity contribution in [1.82, 2.24) is 10.3 Å². The number of ether oxygens (including phenoxy) is 1. The molecule has 1 heterocycles. The zero-order valence-electron chi connectivity index (χ0n) is 13.4. The highest BCUT2D eigenvalue weighted by atomic mass is 16.5. The highest BCUT2D eigenvalue weighted by Crippen LogP contribution is 2.16. The molecular formula is C19H18N2O4.